The van der Waals surface area contributed by atoms with Crippen LogP contribution in [0.1, 0.15) is 162 Å². The molecule has 0 unspecified atom stereocenters. The second-order valence-electron chi connectivity index (χ2n) is 17.6. The molecule has 1 fully saturated rings. The van der Waals surface area contributed by atoms with Crippen molar-refractivity contribution in [3.8, 4) is 34.3 Å². The minimum absolute atomic E-state index is 0.355. The molecule has 0 aliphatic heterocycles. The standard InChI is InChI=1S/C56H72N4O10/c1-3-51(61)67-37-23-17-13-9-5-7-11-15-21-35-65-47-39-57-53(58-40-47)43-27-31-45(32-28-43)55(63)69-49-25-19-20-26-50(49)70-56(64)46-33-29-44(30-34-46)54-59-41-48(42-60-54)66-36-22-16-12-8-6-10-14-18-24-38-68-52(62)4-2/h3-4,27-34,39-42,49-50H,1-2,5-26,35-38H2/t49-,50-/m1/s1. The molecule has 70 heavy (non-hydrogen) atoms. The van der Waals surface area contributed by atoms with E-state index in [1.54, 1.807) is 73.3 Å². The number of esters is 4. The van der Waals surface area contributed by atoms with E-state index in [9.17, 15) is 19.2 Å². The maximum atomic E-state index is 13.3. The highest BCUT2D eigenvalue weighted by atomic mass is 16.6. The van der Waals surface area contributed by atoms with Crippen LogP contribution in [0.2, 0.25) is 0 Å². The third kappa shape index (κ3) is 20.7. The summed E-state index contributed by atoms with van der Waals surface area (Å²) >= 11 is 0. The van der Waals surface area contributed by atoms with Gasteiger partial charge in [0.25, 0.3) is 0 Å². The molecular weight excluding hydrogens is 889 g/mol. The highest BCUT2D eigenvalue weighted by molar-refractivity contribution is 5.91. The van der Waals surface area contributed by atoms with Gasteiger partial charge in [-0.1, -0.05) is 127 Å². The average molecular weight is 961 g/mol. The molecule has 2 atom stereocenters. The van der Waals surface area contributed by atoms with Crippen molar-refractivity contribution < 1.29 is 47.6 Å². The van der Waals surface area contributed by atoms with E-state index in [2.05, 4.69) is 33.1 Å². The lowest BCUT2D eigenvalue weighted by molar-refractivity contribution is -0.138. The second kappa shape index (κ2) is 32.4. The number of unbranched alkanes of at least 4 members (excludes halogenated alkanes) is 16. The number of aromatic nitrogens is 4. The lowest BCUT2D eigenvalue weighted by atomic mass is 9.94. The van der Waals surface area contributed by atoms with Gasteiger partial charge in [-0.05, 0) is 75.6 Å². The van der Waals surface area contributed by atoms with Crippen molar-refractivity contribution in [2.75, 3.05) is 26.4 Å². The molecule has 2 aromatic carbocycles. The quantitative estimate of drug-likeness (QED) is 0.0187. The van der Waals surface area contributed by atoms with E-state index >= 15 is 0 Å². The Morgan fingerprint density at radius 3 is 1.06 bits per heavy atom. The van der Waals surface area contributed by atoms with Crippen LogP contribution in [0.3, 0.4) is 0 Å². The van der Waals surface area contributed by atoms with Gasteiger partial charge in [0.05, 0.1) is 62.3 Å². The van der Waals surface area contributed by atoms with Gasteiger partial charge >= 0.3 is 23.9 Å². The molecule has 1 saturated carbocycles. The summed E-state index contributed by atoms with van der Waals surface area (Å²) in [4.78, 5) is 66.6. The molecule has 1 aliphatic rings. The first kappa shape index (κ1) is 54.5. The number of nitrogens with zero attached hydrogens (tertiary/aromatic N) is 4. The summed E-state index contributed by atoms with van der Waals surface area (Å²) in [5.41, 5.74) is 2.27. The number of rotatable bonds is 34. The van der Waals surface area contributed by atoms with Gasteiger partial charge in [0, 0.05) is 23.3 Å². The van der Waals surface area contributed by atoms with E-state index in [4.69, 9.17) is 28.4 Å². The zero-order valence-electron chi connectivity index (χ0n) is 40.9. The van der Waals surface area contributed by atoms with Crippen molar-refractivity contribution in [3.05, 3.63) is 110 Å². The Labute approximate surface area is 414 Å². The average Bonchev–Trinajstić information content (AvgIpc) is 3.39. The summed E-state index contributed by atoms with van der Waals surface area (Å²) in [7, 11) is 0. The summed E-state index contributed by atoms with van der Waals surface area (Å²) in [5.74, 6) is 0.585. The molecule has 0 radical (unpaired) electrons. The van der Waals surface area contributed by atoms with E-state index in [0.29, 0.717) is 73.5 Å². The lowest BCUT2D eigenvalue weighted by Gasteiger charge is -2.30. The van der Waals surface area contributed by atoms with Crippen LogP contribution in [0, 0.1) is 0 Å². The normalized spacial score (nSPS) is 14.2. The Balaban J connectivity index is 0.941. The Bertz CT molecular complexity index is 2010. The zero-order valence-corrected chi connectivity index (χ0v) is 40.9. The molecule has 376 valence electrons. The predicted molar refractivity (Wildman–Crippen MR) is 268 cm³/mol. The fourth-order valence-corrected chi connectivity index (χ4v) is 8.06. The van der Waals surface area contributed by atoms with Crippen molar-refractivity contribution in [3.63, 3.8) is 0 Å². The smallest absolute Gasteiger partial charge is 0.338 e. The first-order valence-electron chi connectivity index (χ1n) is 25.4. The molecular formula is C56H72N4O10. The molecule has 0 bridgehead atoms. The van der Waals surface area contributed by atoms with Crippen LogP contribution in [0.4, 0.5) is 0 Å². The van der Waals surface area contributed by atoms with Crippen molar-refractivity contribution in [2.45, 2.75) is 153 Å². The zero-order chi connectivity index (χ0) is 49.4. The van der Waals surface area contributed by atoms with Gasteiger partial charge in [-0.2, -0.15) is 0 Å². The Hall–Kier alpha value is -6.44. The molecule has 14 heteroatoms. The maximum absolute atomic E-state index is 13.3. The Morgan fingerprint density at radius 2 is 0.743 bits per heavy atom. The molecule has 5 rings (SSSR count). The van der Waals surface area contributed by atoms with Gasteiger partial charge < -0.3 is 28.4 Å². The van der Waals surface area contributed by atoms with Crippen LogP contribution in [0.15, 0.2) is 98.6 Å². The minimum atomic E-state index is -0.561. The maximum Gasteiger partial charge on any atom is 0.338 e. The van der Waals surface area contributed by atoms with Crippen LogP contribution < -0.4 is 9.47 Å². The third-order valence-corrected chi connectivity index (χ3v) is 12.1. The second-order valence-corrected chi connectivity index (χ2v) is 17.6. The topological polar surface area (TPSA) is 175 Å². The highest BCUT2D eigenvalue weighted by Gasteiger charge is 2.32. The van der Waals surface area contributed by atoms with Crippen LogP contribution >= 0.6 is 0 Å². The summed E-state index contributed by atoms with van der Waals surface area (Å²) in [6, 6.07) is 13.9. The van der Waals surface area contributed by atoms with Crippen molar-refractivity contribution >= 4 is 23.9 Å². The number of carbonyl (C=O) groups excluding carboxylic acids is 4. The van der Waals surface area contributed by atoms with Crippen LogP contribution in [-0.4, -0.2) is 82.4 Å². The number of ether oxygens (including phenoxy) is 6. The summed E-state index contributed by atoms with van der Waals surface area (Å²) in [6.45, 7) is 8.94. The minimum Gasteiger partial charge on any atom is -0.490 e. The molecule has 2 heterocycles. The van der Waals surface area contributed by atoms with E-state index < -0.39 is 24.1 Å². The summed E-state index contributed by atoms with van der Waals surface area (Å²) in [6.07, 6.45) is 30.8. The van der Waals surface area contributed by atoms with Crippen LogP contribution in [0.5, 0.6) is 11.5 Å². The molecule has 2 aromatic heterocycles. The van der Waals surface area contributed by atoms with Crippen LogP contribution in [0.25, 0.3) is 22.8 Å². The van der Waals surface area contributed by atoms with Gasteiger partial charge in [0.15, 0.2) is 23.1 Å². The van der Waals surface area contributed by atoms with Gasteiger partial charge in [-0.15, -0.1) is 0 Å². The monoisotopic (exact) mass is 961 g/mol. The Morgan fingerprint density at radius 1 is 0.443 bits per heavy atom. The molecule has 4 aromatic rings. The van der Waals surface area contributed by atoms with Gasteiger partial charge in [0.1, 0.15) is 12.2 Å². The van der Waals surface area contributed by atoms with E-state index in [1.807, 2.05) is 0 Å². The highest BCUT2D eigenvalue weighted by Crippen LogP contribution is 2.27. The van der Waals surface area contributed by atoms with Gasteiger partial charge in [-0.25, -0.2) is 39.1 Å². The van der Waals surface area contributed by atoms with E-state index in [0.717, 1.165) is 88.2 Å². The molecule has 0 N–H and O–H groups in total. The summed E-state index contributed by atoms with van der Waals surface area (Å²) < 4.78 is 33.6. The van der Waals surface area contributed by atoms with Crippen LogP contribution in [-0.2, 0) is 28.5 Å². The van der Waals surface area contributed by atoms with E-state index in [-0.39, 0.29) is 11.9 Å². The molecule has 14 nitrogen and oxygen atoms in total. The lowest BCUT2D eigenvalue weighted by Crippen LogP contribution is -2.37. The van der Waals surface area contributed by atoms with Gasteiger partial charge in [0.2, 0.25) is 0 Å². The number of hydrogen-bond donors (Lipinski definition) is 0. The first-order valence-corrected chi connectivity index (χ1v) is 25.4. The van der Waals surface area contributed by atoms with E-state index in [1.165, 1.54) is 63.5 Å². The fourth-order valence-electron chi connectivity index (χ4n) is 8.06. The summed E-state index contributed by atoms with van der Waals surface area (Å²) in [5, 5.41) is 0. The van der Waals surface area contributed by atoms with Gasteiger partial charge in [-0.3, -0.25) is 0 Å². The Kier molecular flexibility index (Phi) is 25.2. The molecule has 0 amide bonds. The van der Waals surface area contributed by atoms with Crippen molar-refractivity contribution in [1.82, 2.24) is 19.9 Å². The fraction of sp³-hybridized carbons (Fsp3) is 0.500. The third-order valence-electron chi connectivity index (χ3n) is 12.1. The molecule has 1 aliphatic carbocycles. The largest absolute Gasteiger partial charge is 0.490 e. The first-order chi connectivity index (χ1) is 34.3. The number of benzene rings is 2. The molecule has 0 saturated heterocycles. The SMILES string of the molecule is C=CC(=O)OCCCCCCCCCCCOc1cnc(-c2ccc(C(=O)O[C@@H]3CCCC[C@H]3OC(=O)c3ccc(-c4ncc(OCCCCCCCCCCCOC(=O)C=C)cn4)cc3)cc2)nc1. The predicted octanol–water partition coefficient (Wildman–Crippen LogP) is 12.2. The van der Waals surface area contributed by atoms with Crippen molar-refractivity contribution in [1.29, 1.82) is 0 Å². The van der Waals surface area contributed by atoms with Crippen molar-refractivity contribution in [2.24, 2.45) is 0 Å². The number of hydrogen-bond acceptors (Lipinski definition) is 14. The number of carbonyl (C=O) groups is 4. The molecule has 0 spiro atoms.